The van der Waals surface area contributed by atoms with Gasteiger partial charge in [-0.3, -0.25) is 14.5 Å². The first-order valence-electron chi connectivity index (χ1n) is 9.29. The number of carbonyl (C=O) groups is 2. The number of halogens is 2. The Morgan fingerprint density at radius 1 is 1.37 bits per heavy atom. The summed E-state index contributed by atoms with van der Waals surface area (Å²) in [6.45, 7) is 2.60. The van der Waals surface area contributed by atoms with Crippen molar-refractivity contribution in [1.82, 2.24) is 15.2 Å². The maximum absolute atomic E-state index is 13.4. The second-order valence-corrected chi connectivity index (χ2v) is 8.90. The highest BCUT2D eigenvalue weighted by Gasteiger charge is 2.21. The predicted molar refractivity (Wildman–Crippen MR) is 110 cm³/mol. The van der Waals surface area contributed by atoms with Crippen molar-refractivity contribution in [1.29, 1.82) is 0 Å². The first kappa shape index (κ1) is 22.6. The fraction of sp³-hybridized carbons (Fsp3) is 0.421. The highest BCUT2D eigenvalue weighted by atomic mass is 32.2. The molecule has 11 heteroatoms. The Morgan fingerprint density at radius 3 is 2.97 bits per heavy atom. The largest absolute Gasteiger partial charge is 0.374 e. The lowest BCUT2D eigenvalue weighted by atomic mass is 10.1. The van der Waals surface area contributed by atoms with Crippen LogP contribution in [0.2, 0.25) is 0 Å². The first-order chi connectivity index (χ1) is 14.4. The number of hydrogen-bond acceptors (Lipinski definition) is 7. The van der Waals surface area contributed by atoms with E-state index in [0.717, 1.165) is 6.07 Å². The molecule has 30 heavy (non-hydrogen) atoms. The normalized spacial score (nSPS) is 17.1. The van der Waals surface area contributed by atoms with E-state index in [1.54, 1.807) is 11.4 Å². The molecule has 1 aromatic carbocycles. The molecule has 1 atom stereocenters. The third-order valence-electron chi connectivity index (χ3n) is 4.35. The molecule has 1 aromatic heterocycles. The molecule has 0 aliphatic carbocycles. The van der Waals surface area contributed by atoms with Crippen molar-refractivity contribution >= 4 is 34.9 Å². The number of carbonyl (C=O) groups excluding carboxylic acids is 2. The summed E-state index contributed by atoms with van der Waals surface area (Å²) >= 11 is 2.66. The van der Waals surface area contributed by atoms with Crippen LogP contribution in [0.3, 0.4) is 0 Å². The summed E-state index contributed by atoms with van der Waals surface area (Å²) < 4.78 is 32.8. The molecule has 3 rings (SSSR count). The smallest absolute Gasteiger partial charge is 0.230 e. The lowest BCUT2D eigenvalue weighted by Gasteiger charge is -2.33. The van der Waals surface area contributed by atoms with Gasteiger partial charge in [0.15, 0.2) is 16.0 Å². The lowest BCUT2D eigenvalue weighted by Crippen LogP contribution is -2.47. The van der Waals surface area contributed by atoms with E-state index in [4.69, 9.17) is 10.5 Å². The number of thioether (sulfide) groups is 1. The molecule has 1 saturated heterocycles. The zero-order valence-corrected chi connectivity index (χ0v) is 17.7. The van der Waals surface area contributed by atoms with Gasteiger partial charge in [-0.15, -0.1) is 11.3 Å². The number of nitrogens with one attached hydrogen (secondary N) is 1. The van der Waals surface area contributed by atoms with Crippen molar-refractivity contribution in [3.05, 3.63) is 46.5 Å². The van der Waals surface area contributed by atoms with Crippen molar-refractivity contribution in [2.24, 2.45) is 5.73 Å². The predicted octanol–water partition coefficient (Wildman–Crippen LogP) is 1.56. The summed E-state index contributed by atoms with van der Waals surface area (Å²) in [5.41, 5.74) is 6.43. The van der Waals surface area contributed by atoms with Gasteiger partial charge in [-0.1, -0.05) is 17.8 Å². The number of hydrogen-bond donors (Lipinski definition) is 2. The Labute approximate surface area is 181 Å². The summed E-state index contributed by atoms with van der Waals surface area (Å²) in [5.74, 6) is -2.10. The fourth-order valence-corrected chi connectivity index (χ4v) is 4.64. The average molecular weight is 457 g/mol. The minimum atomic E-state index is -0.860. The molecule has 2 amide bonds. The van der Waals surface area contributed by atoms with Crippen molar-refractivity contribution in [3.63, 3.8) is 0 Å². The Balaban J connectivity index is 1.39. The van der Waals surface area contributed by atoms with Crippen molar-refractivity contribution in [2.45, 2.75) is 23.4 Å². The van der Waals surface area contributed by atoms with E-state index < -0.39 is 17.5 Å². The summed E-state index contributed by atoms with van der Waals surface area (Å²) in [7, 11) is 0. The zero-order chi connectivity index (χ0) is 21.5. The van der Waals surface area contributed by atoms with E-state index in [1.165, 1.54) is 29.2 Å². The van der Waals surface area contributed by atoms with Gasteiger partial charge in [-0.2, -0.15) is 0 Å². The number of nitrogens with two attached hydrogens (primary N) is 1. The van der Waals surface area contributed by atoms with E-state index in [2.05, 4.69) is 15.2 Å². The van der Waals surface area contributed by atoms with Crippen LogP contribution >= 0.6 is 23.1 Å². The molecule has 0 spiro atoms. The van der Waals surface area contributed by atoms with E-state index in [1.807, 2.05) is 0 Å². The molecule has 2 aromatic rings. The molecular weight excluding hydrogens is 434 g/mol. The van der Waals surface area contributed by atoms with Gasteiger partial charge in [0.1, 0.15) is 0 Å². The van der Waals surface area contributed by atoms with Crippen LogP contribution in [0.25, 0.3) is 0 Å². The van der Waals surface area contributed by atoms with Gasteiger partial charge in [0.25, 0.3) is 0 Å². The van der Waals surface area contributed by atoms with E-state index >= 15 is 0 Å². The van der Waals surface area contributed by atoms with Crippen molar-refractivity contribution in [3.8, 4) is 0 Å². The molecule has 1 aliphatic heterocycles. The quantitative estimate of drug-likeness (QED) is 0.556. The highest BCUT2D eigenvalue weighted by Crippen LogP contribution is 2.22. The van der Waals surface area contributed by atoms with Crippen LogP contribution < -0.4 is 11.1 Å². The lowest BCUT2D eigenvalue weighted by molar-refractivity contribution is -0.120. The number of benzene rings is 1. The Hall–Kier alpha value is -2.08. The maximum atomic E-state index is 13.4. The van der Waals surface area contributed by atoms with Gasteiger partial charge in [0, 0.05) is 31.6 Å². The Kier molecular flexibility index (Phi) is 8.14. The number of amides is 2. The minimum absolute atomic E-state index is 0.0866. The van der Waals surface area contributed by atoms with Crippen LogP contribution in [0.4, 0.5) is 8.78 Å². The van der Waals surface area contributed by atoms with E-state index in [9.17, 15) is 18.4 Å². The number of aromatic nitrogens is 1. The summed E-state index contributed by atoms with van der Waals surface area (Å²) in [4.78, 5) is 29.3. The molecule has 1 aliphatic rings. The molecule has 0 saturated carbocycles. The van der Waals surface area contributed by atoms with Gasteiger partial charge in [-0.25, -0.2) is 13.8 Å². The van der Waals surface area contributed by atoms with Gasteiger partial charge >= 0.3 is 0 Å². The molecule has 3 N–H and O–H groups in total. The summed E-state index contributed by atoms with van der Waals surface area (Å²) in [6.07, 6.45) is -0.0939. The maximum Gasteiger partial charge on any atom is 0.230 e. The number of thiazole rings is 1. The molecular formula is C19H22F2N4O3S2. The molecule has 2 heterocycles. The van der Waals surface area contributed by atoms with Crippen molar-refractivity contribution in [2.75, 3.05) is 32.0 Å². The summed E-state index contributed by atoms with van der Waals surface area (Å²) in [5, 5.41) is 4.60. The number of morpholine rings is 1. The van der Waals surface area contributed by atoms with Gasteiger partial charge in [-0.05, 0) is 17.7 Å². The molecule has 0 bridgehead atoms. The number of ether oxygens (including phenoxy) is 1. The first-order valence-corrected chi connectivity index (χ1v) is 11.2. The van der Waals surface area contributed by atoms with Gasteiger partial charge in [0.05, 0.1) is 30.6 Å². The van der Waals surface area contributed by atoms with Gasteiger partial charge < -0.3 is 15.8 Å². The monoisotopic (exact) mass is 456 g/mol. The van der Waals surface area contributed by atoms with Crippen molar-refractivity contribution < 1.29 is 23.1 Å². The Morgan fingerprint density at radius 2 is 2.20 bits per heavy atom. The molecule has 162 valence electrons. The van der Waals surface area contributed by atoms with Crippen LogP contribution in [-0.4, -0.2) is 59.8 Å². The number of primary amides is 1. The van der Waals surface area contributed by atoms with Crippen LogP contribution in [0.15, 0.2) is 27.9 Å². The molecule has 1 unspecified atom stereocenters. The second kappa shape index (κ2) is 10.8. The van der Waals surface area contributed by atoms with E-state index in [0.29, 0.717) is 48.4 Å². The third-order valence-corrected chi connectivity index (χ3v) is 6.42. The highest BCUT2D eigenvalue weighted by molar-refractivity contribution is 8.01. The zero-order valence-electron chi connectivity index (χ0n) is 16.1. The molecule has 7 nitrogen and oxygen atoms in total. The molecule has 1 fully saturated rings. The summed E-state index contributed by atoms with van der Waals surface area (Å²) in [6, 6.07) is 3.89. The second-order valence-electron chi connectivity index (χ2n) is 6.82. The molecule has 0 radical (unpaired) electrons. The SMILES string of the molecule is NC(=O)Cc1csc(SCC(=O)NCC2CN(Cc3ccc(F)c(F)c3)CCO2)n1. The standard InChI is InChI=1S/C19H22F2N4O3S2/c20-15-2-1-12(5-16(15)21)8-25-3-4-28-14(9-25)7-23-18(27)11-30-19-24-13(10-29-19)6-17(22)26/h1-2,5,10,14H,3-4,6-9,11H2,(H2,22,26)(H,23,27). The fourth-order valence-electron chi connectivity index (χ4n) is 2.96. The third kappa shape index (κ3) is 7.01. The Bertz CT molecular complexity index is 896. The minimum Gasteiger partial charge on any atom is -0.374 e. The van der Waals surface area contributed by atoms with Crippen LogP contribution in [0.5, 0.6) is 0 Å². The van der Waals surface area contributed by atoms with Crippen LogP contribution in [0, 0.1) is 11.6 Å². The number of rotatable bonds is 9. The van der Waals surface area contributed by atoms with Crippen LogP contribution in [-0.2, 0) is 27.3 Å². The topological polar surface area (TPSA) is 97.5 Å². The number of nitrogens with zero attached hydrogens (tertiary/aromatic N) is 2. The van der Waals surface area contributed by atoms with E-state index in [-0.39, 0.29) is 24.2 Å². The van der Waals surface area contributed by atoms with Gasteiger partial charge in [0.2, 0.25) is 11.8 Å². The average Bonchev–Trinajstić information content (AvgIpc) is 3.14. The van der Waals surface area contributed by atoms with Crippen LogP contribution in [0.1, 0.15) is 11.3 Å².